The van der Waals surface area contributed by atoms with Gasteiger partial charge < -0.3 is 5.73 Å². The molecule has 0 radical (unpaired) electrons. The molecule has 1 aliphatic rings. The predicted octanol–water partition coefficient (Wildman–Crippen LogP) is 2.66. The summed E-state index contributed by atoms with van der Waals surface area (Å²) in [4.78, 5) is 2.45. The molecule has 1 aromatic carbocycles. The molecule has 17 heavy (non-hydrogen) atoms. The van der Waals surface area contributed by atoms with Crippen LogP contribution in [0.25, 0.3) is 0 Å². The molecule has 2 nitrogen and oxygen atoms in total. The second-order valence-electron chi connectivity index (χ2n) is 4.87. The van der Waals surface area contributed by atoms with E-state index in [4.69, 9.17) is 5.73 Å². The molecule has 0 amide bonds. The molecular weight excluding hydrogens is 215 g/mol. The SMILES string of the molecule is CCCN(Cc1cc(F)cc(CN)c1)C1CC1. The zero-order valence-electron chi connectivity index (χ0n) is 10.5. The maximum absolute atomic E-state index is 13.4. The molecule has 2 rings (SSSR count). The number of nitrogens with zero attached hydrogens (tertiary/aromatic N) is 1. The third-order valence-electron chi connectivity index (χ3n) is 3.21. The monoisotopic (exact) mass is 236 g/mol. The first-order chi connectivity index (χ1) is 8.22. The second kappa shape index (κ2) is 5.61. The highest BCUT2D eigenvalue weighted by Gasteiger charge is 2.28. The molecule has 0 spiro atoms. The average Bonchev–Trinajstić information content (AvgIpc) is 3.11. The van der Waals surface area contributed by atoms with Gasteiger partial charge >= 0.3 is 0 Å². The number of benzene rings is 1. The first kappa shape index (κ1) is 12.5. The Bertz CT molecular complexity index is 374. The van der Waals surface area contributed by atoms with E-state index in [-0.39, 0.29) is 5.82 Å². The number of nitrogens with two attached hydrogens (primary N) is 1. The van der Waals surface area contributed by atoms with E-state index in [1.165, 1.54) is 18.9 Å². The highest BCUT2D eigenvalue weighted by atomic mass is 19.1. The van der Waals surface area contributed by atoms with Crippen molar-refractivity contribution in [1.29, 1.82) is 0 Å². The molecular formula is C14H21FN2. The number of hydrogen-bond donors (Lipinski definition) is 1. The maximum atomic E-state index is 13.4. The lowest BCUT2D eigenvalue weighted by Gasteiger charge is -2.21. The summed E-state index contributed by atoms with van der Waals surface area (Å²) < 4.78 is 13.4. The molecule has 0 unspecified atom stereocenters. The van der Waals surface area contributed by atoms with Crippen molar-refractivity contribution in [1.82, 2.24) is 4.90 Å². The molecule has 1 saturated carbocycles. The van der Waals surface area contributed by atoms with Crippen molar-refractivity contribution < 1.29 is 4.39 Å². The number of halogens is 1. The van der Waals surface area contributed by atoms with E-state index in [0.717, 1.165) is 36.7 Å². The zero-order valence-corrected chi connectivity index (χ0v) is 10.5. The summed E-state index contributed by atoms with van der Waals surface area (Å²) >= 11 is 0. The van der Waals surface area contributed by atoms with Crippen molar-refractivity contribution in [3.63, 3.8) is 0 Å². The van der Waals surface area contributed by atoms with Crippen LogP contribution in [0.15, 0.2) is 18.2 Å². The summed E-state index contributed by atoms with van der Waals surface area (Å²) in [6.07, 6.45) is 3.73. The fourth-order valence-electron chi connectivity index (χ4n) is 2.28. The Morgan fingerprint density at radius 2 is 2.00 bits per heavy atom. The van der Waals surface area contributed by atoms with Gasteiger partial charge in [0.05, 0.1) is 0 Å². The van der Waals surface area contributed by atoms with E-state index in [9.17, 15) is 4.39 Å². The number of hydrogen-bond acceptors (Lipinski definition) is 2. The van der Waals surface area contributed by atoms with Crippen LogP contribution < -0.4 is 5.73 Å². The normalized spacial score (nSPS) is 15.5. The van der Waals surface area contributed by atoms with Crippen molar-refractivity contribution in [3.05, 3.63) is 35.1 Å². The Morgan fingerprint density at radius 3 is 2.59 bits per heavy atom. The van der Waals surface area contributed by atoms with Gasteiger partial charge in [-0.25, -0.2) is 4.39 Å². The standard InChI is InChI=1S/C14H21FN2/c1-2-5-17(14-3-4-14)10-12-6-11(9-16)7-13(15)8-12/h6-8,14H,2-5,9-10,16H2,1H3. The lowest BCUT2D eigenvalue weighted by atomic mass is 10.1. The molecule has 1 aliphatic carbocycles. The van der Waals surface area contributed by atoms with Crippen LogP contribution in [0.1, 0.15) is 37.3 Å². The smallest absolute Gasteiger partial charge is 0.123 e. The van der Waals surface area contributed by atoms with E-state index in [0.29, 0.717) is 6.54 Å². The van der Waals surface area contributed by atoms with Gasteiger partial charge in [0.2, 0.25) is 0 Å². The molecule has 1 aromatic rings. The van der Waals surface area contributed by atoms with E-state index < -0.39 is 0 Å². The highest BCUT2D eigenvalue weighted by molar-refractivity contribution is 5.24. The van der Waals surface area contributed by atoms with Crippen LogP contribution in [0.3, 0.4) is 0 Å². The fourth-order valence-corrected chi connectivity index (χ4v) is 2.28. The molecule has 2 N–H and O–H groups in total. The largest absolute Gasteiger partial charge is 0.326 e. The Balaban J connectivity index is 2.07. The van der Waals surface area contributed by atoms with Gasteiger partial charge in [-0.05, 0) is 49.1 Å². The summed E-state index contributed by atoms with van der Waals surface area (Å²) in [5.41, 5.74) is 7.50. The lowest BCUT2D eigenvalue weighted by Crippen LogP contribution is -2.26. The summed E-state index contributed by atoms with van der Waals surface area (Å²) in [5, 5.41) is 0. The average molecular weight is 236 g/mol. The van der Waals surface area contributed by atoms with Gasteiger partial charge in [0.15, 0.2) is 0 Å². The topological polar surface area (TPSA) is 29.3 Å². The second-order valence-corrected chi connectivity index (χ2v) is 4.87. The predicted molar refractivity (Wildman–Crippen MR) is 68.0 cm³/mol. The van der Waals surface area contributed by atoms with E-state index >= 15 is 0 Å². The highest BCUT2D eigenvalue weighted by Crippen LogP contribution is 2.28. The molecule has 0 aliphatic heterocycles. The summed E-state index contributed by atoms with van der Waals surface area (Å²) in [6.45, 7) is 4.54. The molecule has 0 heterocycles. The van der Waals surface area contributed by atoms with Gasteiger partial charge in [0, 0.05) is 19.1 Å². The van der Waals surface area contributed by atoms with Crippen LogP contribution in [-0.4, -0.2) is 17.5 Å². The summed E-state index contributed by atoms with van der Waals surface area (Å²) in [7, 11) is 0. The molecule has 0 bridgehead atoms. The van der Waals surface area contributed by atoms with Gasteiger partial charge in [0.1, 0.15) is 5.82 Å². The van der Waals surface area contributed by atoms with Gasteiger partial charge in [0.25, 0.3) is 0 Å². The third-order valence-corrected chi connectivity index (χ3v) is 3.21. The Kier molecular flexibility index (Phi) is 4.13. The Labute approximate surface area is 103 Å². The summed E-state index contributed by atoms with van der Waals surface area (Å²) in [5.74, 6) is -0.171. The van der Waals surface area contributed by atoms with E-state index in [2.05, 4.69) is 11.8 Å². The zero-order chi connectivity index (χ0) is 12.3. The Hall–Kier alpha value is -0.930. The molecule has 94 valence electrons. The van der Waals surface area contributed by atoms with Crippen molar-refractivity contribution in [2.75, 3.05) is 6.54 Å². The van der Waals surface area contributed by atoms with Crippen molar-refractivity contribution in [3.8, 4) is 0 Å². The number of rotatable bonds is 6. The van der Waals surface area contributed by atoms with Crippen LogP contribution in [0.4, 0.5) is 4.39 Å². The van der Waals surface area contributed by atoms with Crippen molar-refractivity contribution in [2.45, 2.75) is 45.3 Å². The minimum absolute atomic E-state index is 0.171. The van der Waals surface area contributed by atoms with E-state index in [1.54, 1.807) is 6.07 Å². The van der Waals surface area contributed by atoms with Crippen LogP contribution in [0.2, 0.25) is 0 Å². The lowest BCUT2D eigenvalue weighted by molar-refractivity contribution is 0.255. The van der Waals surface area contributed by atoms with Crippen molar-refractivity contribution >= 4 is 0 Å². The minimum atomic E-state index is -0.171. The van der Waals surface area contributed by atoms with Gasteiger partial charge in [-0.1, -0.05) is 13.0 Å². The molecule has 0 atom stereocenters. The molecule has 3 heteroatoms. The first-order valence-electron chi connectivity index (χ1n) is 6.45. The van der Waals surface area contributed by atoms with Gasteiger partial charge in [-0.3, -0.25) is 4.90 Å². The third kappa shape index (κ3) is 3.51. The summed E-state index contributed by atoms with van der Waals surface area (Å²) in [6, 6.07) is 5.89. The Morgan fingerprint density at radius 1 is 1.29 bits per heavy atom. The molecule has 1 fully saturated rings. The van der Waals surface area contributed by atoms with Crippen LogP contribution >= 0.6 is 0 Å². The maximum Gasteiger partial charge on any atom is 0.123 e. The van der Waals surface area contributed by atoms with Gasteiger partial charge in [-0.2, -0.15) is 0 Å². The minimum Gasteiger partial charge on any atom is -0.326 e. The van der Waals surface area contributed by atoms with Crippen molar-refractivity contribution in [2.24, 2.45) is 5.73 Å². The van der Waals surface area contributed by atoms with Crippen LogP contribution in [0.5, 0.6) is 0 Å². The van der Waals surface area contributed by atoms with Crippen LogP contribution in [0, 0.1) is 5.82 Å². The quantitative estimate of drug-likeness (QED) is 0.822. The molecule has 0 saturated heterocycles. The van der Waals surface area contributed by atoms with E-state index in [1.807, 2.05) is 6.07 Å². The van der Waals surface area contributed by atoms with Crippen LogP contribution in [-0.2, 0) is 13.1 Å². The molecule has 0 aromatic heterocycles. The first-order valence-corrected chi connectivity index (χ1v) is 6.45. The van der Waals surface area contributed by atoms with Gasteiger partial charge in [-0.15, -0.1) is 0 Å². The fraction of sp³-hybridized carbons (Fsp3) is 0.571.